The Morgan fingerprint density at radius 2 is 2.31 bits per heavy atom. The molecule has 0 spiro atoms. The first-order valence-corrected chi connectivity index (χ1v) is 7.04. The van der Waals surface area contributed by atoms with Gasteiger partial charge in [-0.1, -0.05) is 0 Å². The van der Waals surface area contributed by atoms with E-state index in [0.717, 1.165) is 18.7 Å². The van der Waals surface area contributed by atoms with E-state index in [1.165, 1.54) is 9.88 Å². The molecule has 3 nitrogen and oxygen atoms in total. The van der Waals surface area contributed by atoms with Crippen LogP contribution in [0.4, 0.5) is 0 Å². The summed E-state index contributed by atoms with van der Waals surface area (Å²) < 4.78 is 0. The molecule has 0 aliphatic carbocycles. The molecule has 5 heteroatoms. The van der Waals surface area contributed by atoms with Crippen molar-refractivity contribution in [2.45, 2.75) is 26.3 Å². The van der Waals surface area contributed by atoms with Gasteiger partial charge in [0.05, 0.1) is 10.5 Å². The molecule has 2 rings (SSSR count). The van der Waals surface area contributed by atoms with E-state index in [-0.39, 0.29) is 0 Å². The first-order chi connectivity index (χ1) is 7.75. The minimum atomic E-state index is 0.383. The monoisotopic (exact) mass is 253 g/mol. The predicted molar refractivity (Wildman–Crippen MR) is 69.1 cm³/mol. The molecule has 1 N–H and O–H groups in total. The summed E-state index contributed by atoms with van der Waals surface area (Å²) in [5.41, 5.74) is 2.99. The van der Waals surface area contributed by atoms with Crippen molar-refractivity contribution in [3.8, 4) is 0 Å². The molecular formula is C11H15N3S2. The van der Waals surface area contributed by atoms with Crippen LogP contribution in [-0.2, 0) is 6.42 Å². The molecule has 2 aromatic heterocycles. The lowest BCUT2D eigenvalue weighted by Crippen LogP contribution is -2.20. The average Bonchev–Trinajstić information content (AvgIpc) is 2.89. The van der Waals surface area contributed by atoms with E-state index in [9.17, 15) is 0 Å². The summed E-state index contributed by atoms with van der Waals surface area (Å²) in [7, 11) is 0. The number of nitrogens with zero attached hydrogens (tertiary/aromatic N) is 2. The van der Waals surface area contributed by atoms with Crippen molar-refractivity contribution in [2.24, 2.45) is 0 Å². The number of rotatable bonds is 5. The zero-order valence-corrected chi connectivity index (χ0v) is 11.1. The topological polar surface area (TPSA) is 37.8 Å². The second kappa shape index (κ2) is 5.52. The number of hydrogen-bond acceptors (Lipinski definition) is 5. The molecule has 0 aliphatic rings. The fourth-order valence-electron chi connectivity index (χ4n) is 1.45. The second-order valence-electron chi connectivity index (χ2n) is 3.71. The molecule has 0 aromatic carbocycles. The number of aromatic nitrogens is 2. The zero-order valence-electron chi connectivity index (χ0n) is 9.43. The summed E-state index contributed by atoms with van der Waals surface area (Å²) in [6, 6.07) is 0.383. The molecule has 0 radical (unpaired) electrons. The molecule has 1 unspecified atom stereocenters. The second-order valence-corrected chi connectivity index (χ2v) is 5.57. The molecule has 0 saturated carbocycles. The van der Waals surface area contributed by atoms with Crippen LogP contribution in [0.1, 0.15) is 28.5 Å². The van der Waals surface area contributed by atoms with E-state index in [1.54, 1.807) is 22.7 Å². The lowest BCUT2D eigenvalue weighted by Gasteiger charge is -2.10. The lowest BCUT2D eigenvalue weighted by atomic mass is 10.3. The third kappa shape index (κ3) is 3.10. The number of hydrogen-bond donors (Lipinski definition) is 1. The van der Waals surface area contributed by atoms with Crippen LogP contribution in [-0.4, -0.2) is 16.5 Å². The van der Waals surface area contributed by atoms with Crippen molar-refractivity contribution in [3.63, 3.8) is 0 Å². The summed E-state index contributed by atoms with van der Waals surface area (Å²) in [6.45, 7) is 5.17. The molecule has 0 fully saturated rings. The minimum Gasteiger partial charge on any atom is -0.309 e. The highest BCUT2D eigenvalue weighted by atomic mass is 32.1. The number of nitrogens with one attached hydrogen (secondary N) is 1. The minimum absolute atomic E-state index is 0.383. The van der Waals surface area contributed by atoms with Crippen molar-refractivity contribution >= 4 is 22.7 Å². The fourth-order valence-corrected chi connectivity index (χ4v) is 2.88. The number of thiazole rings is 2. The van der Waals surface area contributed by atoms with E-state index < -0.39 is 0 Å². The highest BCUT2D eigenvalue weighted by Gasteiger charge is 2.06. The Hall–Kier alpha value is -0.780. The van der Waals surface area contributed by atoms with Crippen molar-refractivity contribution in [1.82, 2.24) is 15.3 Å². The molecule has 86 valence electrons. The SMILES string of the molecule is Cc1csc(CCNC(C)c2cncs2)n1. The summed E-state index contributed by atoms with van der Waals surface area (Å²) in [6.07, 6.45) is 2.93. The van der Waals surface area contributed by atoms with Gasteiger partial charge in [-0.05, 0) is 13.8 Å². The van der Waals surface area contributed by atoms with Gasteiger partial charge < -0.3 is 5.32 Å². The molecular weight excluding hydrogens is 238 g/mol. The quantitative estimate of drug-likeness (QED) is 0.890. The normalized spacial score (nSPS) is 12.9. The first kappa shape index (κ1) is 11.7. The van der Waals surface area contributed by atoms with Gasteiger partial charge >= 0.3 is 0 Å². The maximum atomic E-state index is 4.44. The maximum Gasteiger partial charge on any atom is 0.0940 e. The van der Waals surface area contributed by atoms with E-state index in [1.807, 2.05) is 18.6 Å². The highest BCUT2D eigenvalue weighted by Crippen LogP contribution is 2.16. The largest absolute Gasteiger partial charge is 0.309 e. The third-order valence-corrected chi connectivity index (χ3v) is 4.32. The molecule has 0 bridgehead atoms. The molecule has 0 amide bonds. The van der Waals surface area contributed by atoms with Crippen LogP contribution in [0.5, 0.6) is 0 Å². The van der Waals surface area contributed by atoms with Gasteiger partial charge in [0, 0.05) is 41.2 Å². The standard InChI is InChI=1S/C11H15N3S2/c1-8-6-15-11(14-8)3-4-13-9(2)10-5-12-7-16-10/h5-7,9,13H,3-4H2,1-2H3. The summed E-state index contributed by atoms with van der Waals surface area (Å²) in [4.78, 5) is 9.81. The maximum absolute atomic E-state index is 4.44. The van der Waals surface area contributed by atoms with E-state index in [0.29, 0.717) is 6.04 Å². The van der Waals surface area contributed by atoms with Crippen LogP contribution in [0.15, 0.2) is 17.1 Å². The average molecular weight is 253 g/mol. The van der Waals surface area contributed by atoms with E-state index in [4.69, 9.17) is 0 Å². The van der Waals surface area contributed by atoms with Crippen LogP contribution >= 0.6 is 22.7 Å². The van der Waals surface area contributed by atoms with Gasteiger partial charge in [-0.3, -0.25) is 4.98 Å². The molecule has 2 heterocycles. The summed E-state index contributed by atoms with van der Waals surface area (Å²) in [5.74, 6) is 0. The van der Waals surface area contributed by atoms with Crippen LogP contribution in [0.2, 0.25) is 0 Å². The van der Waals surface area contributed by atoms with Crippen molar-refractivity contribution < 1.29 is 0 Å². The Bertz CT molecular complexity index is 422. The predicted octanol–water partition coefficient (Wildman–Crippen LogP) is 2.80. The smallest absolute Gasteiger partial charge is 0.0940 e. The van der Waals surface area contributed by atoms with Gasteiger partial charge in [-0.15, -0.1) is 22.7 Å². The molecule has 0 saturated heterocycles. The van der Waals surface area contributed by atoms with Crippen molar-refractivity contribution in [2.75, 3.05) is 6.54 Å². The van der Waals surface area contributed by atoms with Crippen LogP contribution in [0.25, 0.3) is 0 Å². The Kier molecular flexibility index (Phi) is 4.04. The Balaban J connectivity index is 1.76. The molecule has 16 heavy (non-hydrogen) atoms. The lowest BCUT2D eigenvalue weighted by molar-refractivity contribution is 0.583. The van der Waals surface area contributed by atoms with Gasteiger partial charge in [-0.25, -0.2) is 4.98 Å². The van der Waals surface area contributed by atoms with Gasteiger partial charge in [-0.2, -0.15) is 0 Å². The zero-order chi connectivity index (χ0) is 11.4. The molecule has 0 aliphatic heterocycles. The van der Waals surface area contributed by atoms with Gasteiger partial charge in [0.1, 0.15) is 0 Å². The Labute approximate surface area is 104 Å². The summed E-state index contributed by atoms with van der Waals surface area (Å²) >= 11 is 3.43. The van der Waals surface area contributed by atoms with Crippen molar-refractivity contribution in [3.05, 3.63) is 32.7 Å². The van der Waals surface area contributed by atoms with Crippen LogP contribution in [0, 0.1) is 6.92 Å². The highest BCUT2D eigenvalue weighted by molar-refractivity contribution is 7.09. The Morgan fingerprint density at radius 3 is 2.94 bits per heavy atom. The van der Waals surface area contributed by atoms with E-state index >= 15 is 0 Å². The number of aryl methyl sites for hydroxylation is 1. The summed E-state index contributed by atoms with van der Waals surface area (Å²) in [5, 5.41) is 6.79. The molecule has 1 atom stereocenters. The third-order valence-electron chi connectivity index (χ3n) is 2.33. The Morgan fingerprint density at radius 1 is 1.44 bits per heavy atom. The van der Waals surface area contributed by atoms with Gasteiger partial charge in [0.2, 0.25) is 0 Å². The molecule has 2 aromatic rings. The van der Waals surface area contributed by atoms with E-state index in [2.05, 4.69) is 27.6 Å². The van der Waals surface area contributed by atoms with Crippen LogP contribution in [0.3, 0.4) is 0 Å². The van der Waals surface area contributed by atoms with Crippen LogP contribution < -0.4 is 5.32 Å². The van der Waals surface area contributed by atoms with Gasteiger partial charge in [0.15, 0.2) is 0 Å². The first-order valence-electron chi connectivity index (χ1n) is 5.28. The van der Waals surface area contributed by atoms with Crippen molar-refractivity contribution in [1.29, 1.82) is 0 Å². The fraction of sp³-hybridized carbons (Fsp3) is 0.455. The van der Waals surface area contributed by atoms with Gasteiger partial charge in [0.25, 0.3) is 0 Å².